The number of rotatable bonds is 19. The number of aromatic nitrogens is 2. The van der Waals surface area contributed by atoms with Crippen molar-refractivity contribution in [3.8, 4) is 0 Å². The van der Waals surface area contributed by atoms with Crippen LogP contribution in [0.15, 0.2) is 11.3 Å². The number of unbranched alkanes of at least 4 members (excludes halogenated alkanes) is 13. The fourth-order valence-electron chi connectivity index (χ4n) is 3.41. The average molecular weight is 458 g/mol. The van der Waals surface area contributed by atoms with Crippen molar-refractivity contribution in [2.24, 2.45) is 12.1 Å². The Balaban J connectivity index is 2.04. The van der Waals surface area contributed by atoms with E-state index >= 15 is 0 Å². The number of hydrogen-bond acceptors (Lipinski definition) is 6. The van der Waals surface area contributed by atoms with Crippen LogP contribution in [0.5, 0.6) is 0 Å². The number of nitrogens with one attached hydrogen (secondary N) is 1. The fourth-order valence-corrected chi connectivity index (χ4v) is 4.30. The van der Waals surface area contributed by atoms with E-state index in [1.165, 1.54) is 88.2 Å². The van der Waals surface area contributed by atoms with E-state index in [2.05, 4.69) is 21.8 Å². The molecule has 0 unspecified atom stereocenters. The Kier molecular flexibility index (Phi) is 13.8. The summed E-state index contributed by atoms with van der Waals surface area (Å²) in [6.07, 6.45) is 19.5. The fraction of sp³-hybridized carbons (Fsp3) is 0.810. The predicted octanol–water partition coefficient (Wildman–Crippen LogP) is 5.06. The Morgan fingerprint density at radius 1 is 1.00 bits per heavy atom. The van der Waals surface area contributed by atoms with Gasteiger partial charge in [-0.05, 0) is 11.3 Å². The van der Waals surface area contributed by atoms with Crippen LogP contribution >= 0.6 is 0 Å². The molecule has 10 heteroatoms. The standard InChI is InChI=1S/C21H39N5O4S/c1-3-4-5-6-7-8-9-10-11-12-13-14-15-16-17-31(29,30)24-23-19-20-18-22-21(25(20)2)26(27)28/h18-19,24H,3-17H2,1-2H3/b23-19+. The first-order valence-electron chi connectivity index (χ1n) is 11.6. The molecule has 0 bridgehead atoms. The molecule has 1 N–H and O–H groups in total. The molecule has 1 heterocycles. The minimum absolute atomic E-state index is 0.0217. The van der Waals surface area contributed by atoms with Crippen LogP contribution in [0, 0.1) is 10.1 Å². The summed E-state index contributed by atoms with van der Waals surface area (Å²) < 4.78 is 25.2. The van der Waals surface area contributed by atoms with Gasteiger partial charge >= 0.3 is 5.95 Å². The van der Waals surface area contributed by atoms with Crippen LogP contribution in [0.3, 0.4) is 0 Å². The lowest BCUT2D eigenvalue weighted by atomic mass is 10.0. The van der Waals surface area contributed by atoms with Gasteiger partial charge in [0.05, 0.1) is 19.0 Å². The van der Waals surface area contributed by atoms with Crippen LogP contribution in [0.2, 0.25) is 0 Å². The van der Waals surface area contributed by atoms with Gasteiger partial charge in [-0.15, -0.1) is 0 Å². The van der Waals surface area contributed by atoms with E-state index in [0.717, 1.165) is 19.3 Å². The largest absolute Gasteiger partial charge is 0.434 e. The second-order valence-electron chi connectivity index (χ2n) is 8.06. The molecular weight excluding hydrogens is 418 g/mol. The van der Waals surface area contributed by atoms with E-state index in [-0.39, 0.29) is 11.7 Å². The van der Waals surface area contributed by atoms with Crippen molar-refractivity contribution < 1.29 is 13.3 Å². The molecule has 178 valence electrons. The first kappa shape index (κ1) is 27.1. The highest BCUT2D eigenvalue weighted by Gasteiger charge is 2.16. The molecule has 0 amide bonds. The average Bonchev–Trinajstić information content (AvgIpc) is 3.09. The van der Waals surface area contributed by atoms with Crippen molar-refractivity contribution in [2.45, 2.75) is 96.8 Å². The maximum atomic E-state index is 12.0. The Morgan fingerprint density at radius 3 is 1.94 bits per heavy atom. The minimum atomic E-state index is -3.50. The van der Waals surface area contributed by atoms with Gasteiger partial charge in [-0.2, -0.15) is 5.10 Å². The summed E-state index contributed by atoms with van der Waals surface area (Å²) in [6, 6.07) is 0. The summed E-state index contributed by atoms with van der Waals surface area (Å²) in [5, 5.41) is 14.4. The third kappa shape index (κ3) is 12.5. The molecule has 9 nitrogen and oxygen atoms in total. The first-order valence-corrected chi connectivity index (χ1v) is 13.2. The molecule has 1 aromatic rings. The third-order valence-electron chi connectivity index (χ3n) is 5.32. The second kappa shape index (κ2) is 15.8. The van der Waals surface area contributed by atoms with Gasteiger partial charge in [-0.1, -0.05) is 95.4 Å². The summed E-state index contributed by atoms with van der Waals surface area (Å²) in [5.41, 5.74) is 0.339. The number of hydrogen-bond donors (Lipinski definition) is 1. The highest BCUT2D eigenvalue weighted by Crippen LogP contribution is 2.13. The maximum absolute atomic E-state index is 12.0. The summed E-state index contributed by atoms with van der Waals surface area (Å²) in [4.78, 5) is 15.9. The molecule has 1 rings (SSSR count). The molecular formula is C21H39N5O4S. The van der Waals surface area contributed by atoms with E-state index < -0.39 is 14.9 Å². The lowest BCUT2D eigenvalue weighted by molar-refractivity contribution is -0.396. The Hall–Kier alpha value is -1.97. The van der Waals surface area contributed by atoms with E-state index in [1.807, 2.05) is 0 Å². The SMILES string of the molecule is CCCCCCCCCCCCCCCCS(=O)(=O)N/N=C/c1cnc([N+](=O)[O-])n1C. The van der Waals surface area contributed by atoms with Crippen molar-refractivity contribution in [1.29, 1.82) is 0 Å². The van der Waals surface area contributed by atoms with Crippen LogP contribution in [-0.4, -0.2) is 34.9 Å². The zero-order valence-electron chi connectivity index (χ0n) is 19.1. The molecule has 0 saturated carbocycles. The molecule has 0 aliphatic heterocycles. The molecule has 1 aromatic heterocycles. The zero-order chi connectivity index (χ0) is 23.0. The lowest BCUT2D eigenvalue weighted by Crippen LogP contribution is -2.21. The van der Waals surface area contributed by atoms with Crippen LogP contribution in [0.4, 0.5) is 5.95 Å². The molecule has 0 atom stereocenters. The Labute approximate surface area is 186 Å². The van der Waals surface area contributed by atoms with Gasteiger partial charge in [0.15, 0.2) is 5.69 Å². The quantitative estimate of drug-likeness (QED) is 0.135. The van der Waals surface area contributed by atoms with Crippen molar-refractivity contribution >= 4 is 22.2 Å². The smallest absolute Gasteiger partial charge is 0.390 e. The Morgan fingerprint density at radius 2 is 1.48 bits per heavy atom. The van der Waals surface area contributed by atoms with Gasteiger partial charge in [0.25, 0.3) is 0 Å². The van der Waals surface area contributed by atoms with Gasteiger partial charge in [-0.25, -0.2) is 17.8 Å². The van der Waals surface area contributed by atoms with Crippen molar-refractivity contribution in [3.63, 3.8) is 0 Å². The van der Waals surface area contributed by atoms with E-state index in [1.54, 1.807) is 0 Å². The third-order valence-corrected chi connectivity index (χ3v) is 6.53. The molecule has 0 aliphatic carbocycles. The number of nitrogens with zero attached hydrogens (tertiary/aromatic N) is 4. The van der Waals surface area contributed by atoms with Crippen LogP contribution in [0.1, 0.15) is 103 Å². The van der Waals surface area contributed by atoms with E-state index in [4.69, 9.17) is 0 Å². The minimum Gasteiger partial charge on any atom is -0.390 e. The van der Waals surface area contributed by atoms with Crippen molar-refractivity contribution in [2.75, 3.05) is 5.75 Å². The lowest BCUT2D eigenvalue weighted by Gasteiger charge is -2.04. The van der Waals surface area contributed by atoms with Gasteiger partial charge in [0, 0.05) is 0 Å². The molecule has 31 heavy (non-hydrogen) atoms. The van der Waals surface area contributed by atoms with Gasteiger partial charge in [-0.3, -0.25) is 0 Å². The van der Waals surface area contributed by atoms with E-state index in [9.17, 15) is 18.5 Å². The molecule has 0 aromatic carbocycles. The highest BCUT2D eigenvalue weighted by molar-refractivity contribution is 7.89. The van der Waals surface area contributed by atoms with Crippen LogP contribution in [0.25, 0.3) is 0 Å². The predicted molar refractivity (Wildman–Crippen MR) is 125 cm³/mol. The van der Waals surface area contributed by atoms with Gasteiger partial charge in [0.2, 0.25) is 10.0 Å². The first-order chi connectivity index (χ1) is 14.9. The monoisotopic (exact) mass is 457 g/mol. The number of hydrazone groups is 1. The van der Waals surface area contributed by atoms with Gasteiger partial charge < -0.3 is 10.1 Å². The maximum Gasteiger partial charge on any atom is 0.434 e. The van der Waals surface area contributed by atoms with Crippen molar-refractivity contribution in [3.05, 3.63) is 22.0 Å². The molecule has 0 radical (unpaired) electrons. The zero-order valence-corrected chi connectivity index (χ0v) is 19.9. The molecule has 0 fully saturated rings. The molecule has 0 saturated heterocycles. The van der Waals surface area contributed by atoms with E-state index in [0.29, 0.717) is 12.1 Å². The summed E-state index contributed by atoms with van der Waals surface area (Å²) >= 11 is 0. The number of nitro groups is 1. The topological polar surface area (TPSA) is 119 Å². The van der Waals surface area contributed by atoms with Crippen LogP contribution in [-0.2, 0) is 17.1 Å². The number of imidazole rings is 1. The van der Waals surface area contributed by atoms with Crippen molar-refractivity contribution in [1.82, 2.24) is 14.4 Å². The highest BCUT2D eigenvalue weighted by atomic mass is 32.2. The summed E-state index contributed by atoms with van der Waals surface area (Å²) in [5.74, 6) is -0.305. The second-order valence-corrected chi connectivity index (χ2v) is 9.88. The number of sulfonamides is 1. The van der Waals surface area contributed by atoms with Gasteiger partial charge in [0.1, 0.15) is 6.20 Å². The molecule has 0 spiro atoms. The molecule has 0 aliphatic rings. The summed E-state index contributed by atoms with van der Waals surface area (Å²) in [6.45, 7) is 2.24. The van der Waals surface area contributed by atoms with Crippen LogP contribution < -0.4 is 4.83 Å². The summed E-state index contributed by atoms with van der Waals surface area (Å²) in [7, 11) is -2.03. The normalized spacial score (nSPS) is 11.9. The Bertz CT molecular complexity index is 762.